The van der Waals surface area contributed by atoms with Gasteiger partial charge in [-0.2, -0.15) is 0 Å². The van der Waals surface area contributed by atoms with Crippen LogP contribution in [0.4, 0.5) is 11.4 Å². The second-order valence-corrected chi connectivity index (χ2v) is 5.32. The minimum absolute atomic E-state index is 0.0138. The summed E-state index contributed by atoms with van der Waals surface area (Å²) in [7, 11) is 3.66. The van der Waals surface area contributed by atoms with Crippen molar-refractivity contribution in [1.29, 1.82) is 0 Å². The van der Waals surface area contributed by atoms with Gasteiger partial charge in [0.15, 0.2) is 0 Å². The molecule has 0 atom stereocenters. The van der Waals surface area contributed by atoms with Gasteiger partial charge in [-0.15, -0.1) is 0 Å². The molecule has 1 saturated carbocycles. The van der Waals surface area contributed by atoms with Crippen LogP contribution >= 0.6 is 0 Å². The number of methoxy groups -OCH3 is 1. The van der Waals surface area contributed by atoms with Crippen LogP contribution in [0, 0.1) is 0 Å². The molecule has 2 rings (SSSR count). The number of carbonyl (C=O) groups excluding carboxylic acids is 1. The minimum Gasteiger partial charge on any atom is -0.495 e. The normalized spacial score (nSPS) is 14.9. The monoisotopic (exact) mass is 277 g/mol. The fourth-order valence-corrected chi connectivity index (χ4v) is 2.32. The summed E-state index contributed by atoms with van der Waals surface area (Å²) in [4.78, 5) is 14.3. The van der Waals surface area contributed by atoms with Crippen LogP contribution in [0.3, 0.4) is 0 Å². The average molecular weight is 277 g/mol. The molecule has 110 valence electrons. The smallest absolute Gasteiger partial charge is 0.225 e. The molecule has 0 aliphatic heterocycles. The molecule has 0 saturated heterocycles. The predicted octanol–water partition coefficient (Wildman–Crippen LogP) is 2.09. The maximum absolute atomic E-state index is 12.0. The fourth-order valence-electron chi connectivity index (χ4n) is 2.32. The van der Waals surface area contributed by atoms with Crippen LogP contribution in [0.2, 0.25) is 0 Å². The lowest BCUT2D eigenvalue weighted by Gasteiger charge is -2.34. The highest BCUT2D eigenvalue weighted by Gasteiger charge is 2.22. The highest BCUT2D eigenvalue weighted by Crippen LogP contribution is 2.27. The van der Waals surface area contributed by atoms with E-state index in [0.29, 0.717) is 29.6 Å². The van der Waals surface area contributed by atoms with Gasteiger partial charge in [-0.3, -0.25) is 4.79 Å². The van der Waals surface area contributed by atoms with Gasteiger partial charge >= 0.3 is 0 Å². The Hall–Kier alpha value is -1.75. The van der Waals surface area contributed by atoms with Crippen LogP contribution in [0.25, 0.3) is 0 Å². The SMILES string of the molecule is COc1ccc(N)cc1NC(=O)CCN(C)C1CCC1. The number of anilines is 2. The predicted molar refractivity (Wildman–Crippen MR) is 80.9 cm³/mol. The number of amides is 1. The summed E-state index contributed by atoms with van der Waals surface area (Å²) in [5.74, 6) is 0.611. The van der Waals surface area contributed by atoms with E-state index in [1.165, 1.54) is 19.3 Å². The molecule has 1 fully saturated rings. The van der Waals surface area contributed by atoms with E-state index in [-0.39, 0.29) is 5.91 Å². The summed E-state index contributed by atoms with van der Waals surface area (Å²) in [5, 5.41) is 2.86. The number of nitrogen functional groups attached to an aromatic ring is 1. The summed E-state index contributed by atoms with van der Waals surface area (Å²) < 4.78 is 5.21. The van der Waals surface area contributed by atoms with Crippen molar-refractivity contribution >= 4 is 17.3 Å². The van der Waals surface area contributed by atoms with E-state index in [9.17, 15) is 4.79 Å². The van der Waals surface area contributed by atoms with E-state index in [1.54, 1.807) is 25.3 Å². The van der Waals surface area contributed by atoms with E-state index < -0.39 is 0 Å². The van der Waals surface area contributed by atoms with Crippen LogP contribution < -0.4 is 15.8 Å². The molecule has 0 bridgehead atoms. The van der Waals surface area contributed by atoms with E-state index in [4.69, 9.17) is 10.5 Å². The molecule has 1 aliphatic carbocycles. The highest BCUT2D eigenvalue weighted by atomic mass is 16.5. The van der Waals surface area contributed by atoms with Crippen molar-refractivity contribution in [2.45, 2.75) is 31.7 Å². The molecule has 0 spiro atoms. The Labute approximate surface area is 120 Å². The number of ether oxygens (including phenoxy) is 1. The fraction of sp³-hybridized carbons (Fsp3) is 0.533. The third-order valence-electron chi connectivity index (χ3n) is 3.89. The molecule has 5 nitrogen and oxygen atoms in total. The molecule has 0 heterocycles. The number of hydrogen-bond acceptors (Lipinski definition) is 4. The Morgan fingerprint density at radius 3 is 2.85 bits per heavy atom. The lowest BCUT2D eigenvalue weighted by Crippen LogP contribution is -2.38. The number of carbonyl (C=O) groups is 1. The van der Waals surface area contributed by atoms with Crippen LogP contribution in [-0.2, 0) is 4.79 Å². The van der Waals surface area contributed by atoms with Crippen LogP contribution in [0.5, 0.6) is 5.75 Å². The molecule has 5 heteroatoms. The van der Waals surface area contributed by atoms with E-state index in [0.717, 1.165) is 6.54 Å². The zero-order valence-corrected chi connectivity index (χ0v) is 12.2. The van der Waals surface area contributed by atoms with Gasteiger partial charge in [0.25, 0.3) is 0 Å². The topological polar surface area (TPSA) is 67.6 Å². The number of hydrogen-bond donors (Lipinski definition) is 2. The third kappa shape index (κ3) is 3.63. The number of nitrogens with one attached hydrogen (secondary N) is 1. The van der Waals surface area contributed by atoms with Gasteiger partial charge in [0.2, 0.25) is 5.91 Å². The third-order valence-corrected chi connectivity index (χ3v) is 3.89. The Morgan fingerprint density at radius 2 is 2.25 bits per heavy atom. The quantitative estimate of drug-likeness (QED) is 0.781. The van der Waals surface area contributed by atoms with Crippen molar-refractivity contribution in [3.63, 3.8) is 0 Å². The highest BCUT2D eigenvalue weighted by molar-refractivity contribution is 5.93. The zero-order valence-electron chi connectivity index (χ0n) is 12.2. The molecule has 0 radical (unpaired) electrons. The summed E-state index contributed by atoms with van der Waals surface area (Å²) in [6, 6.07) is 5.88. The van der Waals surface area contributed by atoms with Crippen molar-refractivity contribution in [3.8, 4) is 5.75 Å². The molecule has 1 amide bonds. The summed E-state index contributed by atoms with van der Waals surface area (Å²) in [5.41, 5.74) is 6.96. The van der Waals surface area contributed by atoms with Crippen molar-refractivity contribution in [1.82, 2.24) is 4.90 Å². The Morgan fingerprint density at radius 1 is 1.50 bits per heavy atom. The van der Waals surface area contributed by atoms with Crippen LogP contribution in [-0.4, -0.2) is 37.6 Å². The van der Waals surface area contributed by atoms with E-state index in [1.807, 2.05) is 0 Å². The first-order valence-electron chi connectivity index (χ1n) is 7.03. The zero-order chi connectivity index (χ0) is 14.5. The maximum atomic E-state index is 12.0. The summed E-state index contributed by atoms with van der Waals surface area (Å²) in [6.07, 6.45) is 4.29. The number of nitrogens with two attached hydrogens (primary N) is 1. The molecular weight excluding hydrogens is 254 g/mol. The van der Waals surface area contributed by atoms with Crippen LogP contribution in [0.1, 0.15) is 25.7 Å². The summed E-state index contributed by atoms with van der Waals surface area (Å²) in [6.45, 7) is 0.779. The van der Waals surface area contributed by atoms with Crippen molar-refractivity contribution < 1.29 is 9.53 Å². The van der Waals surface area contributed by atoms with Crippen molar-refractivity contribution in [3.05, 3.63) is 18.2 Å². The second kappa shape index (κ2) is 6.61. The van der Waals surface area contributed by atoms with Gasteiger partial charge in [-0.25, -0.2) is 0 Å². The average Bonchev–Trinajstić information content (AvgIpc) is 2.34. The first-order valence-corrected chi connectivity index (χ1v) is 7.03. The summed E-state index contributed by atoms with van der Waals surface area (Å²) >= 11 is 0. The Kier molecular flexibility index (Phi) is 4.84. The molecule has 1 aliphatic rings. The maximum Gasteiger partial charge on any atom is 0.225 e. The second-order valence-electron chi connectivity index (χ2n) is 5.32. The van der Waals surface area contributed by atoms with Gasteiger partial charge in [0.1, 0.15) is 5.75 Å². The number of rotatable bonds is 6. The van der Waals surface area contributed by atoms with E-state index in [2.05, 4.69) is 17.3 Å². The van der Waals surface area contributed by atoms with Crippen molar-refractivity contribution in [2.24, 2.45) is 0 Å². The molecule has 0 aromatic heterocycles. The van der Waals surface area contributed by atoms with Gasteiger partial charge in [-0.1, -0.05) is 6.42 Å². The number of benzene rings is 1. The minimum atomic E-state index is -0.0138. The van der Waals surface area contributed by atoms with Gasteiger partial charge in [-0.05, 0) is 38.1 Å². The Balaban J connectivity index is 1.85. The van der Waals surface area contributed by atoms with Gasteiger partial charge in [0.05, 0.1) is 12.8 Å². The largest absolute Gasteiger partial charge is 0.495 e. The lowest BCUT2D eigenvalue weighted by atomic mass is 9.92. The first kappa shape index (κ1) is 14.7. The van der Waals surface area contributed by atoms with Gasteiger partial charge < -0.3 is 20.7 Å². The number of nitrogens with zero attached hydrogens (tertiary/aromatic N) is 1. The molecule has 3 N–H and O–H groups in total. The molecule has 0 unspecified atom stereocenters. The van der Waals surface area contributed by atoms with E-state index >= 15 is 0 Å². The molecule has 20 heavy (non-hydrogen) atoms. The standard InChI is InChI=1S/C15H23N3O2/c1-18(12-4-3-5-12)9-8-15(19)17-13-10-11(16)6-7-14(13)20-2/h6-7,10,12H,3-5,8-9,16H2,1-2H3,(H,17,19). The Bertz CT molecular complexity index is 472. The molecule has 1 aromatic carbocycles. The van der Waals surface area contributed by atoms with Gasteiger partial charge in [0, 0.05) is 24.7 Å². The van der Waals surface area contributed by atoms with Crippen molar-refractivity contribution in [2.75, 3.05) is 31.8 Å². The van der Waals surface area contributed by atoms with Crippen LogP contribution in [0.15, 0.2) is 18.2 Å². The molecule has 1 aromatic rings. The lowest BCUT2D eigenvalue weighted by molar-refractivity contribution is -0.116. The molecular formula is C15H23N3O2. The first-order chi connectivity index (χ1) is 9.60.